The third-order valence-corrected chi connectivity index (χ3v) is 5.88. The first-order valence-corrected chi connectivity index (χ1v) is 9.20. The first-order chi connectivity index (χ1) is 11.6. The van der Waals surface area contributed by atoms with Gasteiger partial charge in [0.25, 0.3) is 5.91 Å². The van der Waals surface area contributed by atoms with E-state index in [2.05, 4.69) is 17.5 Å². The van der Waals surface area contributed by atoms with E-state index in [1.807, 2.05) is 37.3 Å². The lowest BCUT2D eigenvalue weighted by atomic mass is 9.87. The van der Waals surface area contributed by atoms with E-state index < -0.39 is 0 Å². The number of hydrazone groups is 1. The summed E-state index contributed by atoms with van der Waals surface area (Å²) in [6.45, 7) is 4.11. The van der Waals surface area contributed by atoms with Gasteiger partial charge in [-0.3, -0.25) is 4.79 Å². The van der Waals surface area contributed by atoms with Gasteiger partial charge in [0, 0.05) is 10.6 Å². The number of carbonyl (C=O) groups is 1. The number of thiophene rings is 1. The fraction of sp³-hybridized carbons (Fsp3) is 0.368. The Morgan fingerprint density at radius 1 is 1.38 bits per heavy atom. The summed E-state index contributed by atoms with van der Waals surface area (Å²) in [5, 5.41) is 4.22. The molecule has 0 fully saturated rings. The SMILES string of the molecule is CC[C@H]1CCc2sc(C(=O)N/N=C(/C)c3ccc(N)cc3)cc2C1. The topological polar surface area (TPSA) is 67.5 Å². The third-order valence-electron chi connectivity index (χ3n) is 4.64. The highest BCUT2D eigenvalue weighted by Crippen LogP contribution is 2.33. The molecule has 1 atom stereocenters. The largest absolute Gasteiger partial charge is 0.399 e. The number of benzene rings is 1. The molecule has 2 aromatic rings. The Morgan fingerprint density at radius 2 is 2.12 bits per heavy atom. The zero-order chi connectivity index (χ0) is 17.1. The highest BCUT2D eigenvalue weighted by atomic mass is 32.1. The quantitative estimate of drug-likeness (QED) is 0.501. The van der Waals surface area contributed by atoms with Crippen LogP contribution in [0.3, 0.4) is 0 Å². The molecule has 0 spiro atoms. The minimum Gasteiger partial charge on any atom is -0.399 e. The Bertz CT molecular complexity index is 761. The van der Waals surface area contributed by atoms with Crippen LogP contribution in [0.2, 0.25) is 0 Å². The van der Waals surface area contributed by atoms with E-state index in [4.69, 9.17) is 5.73 Å². The summed E-state index contributed by atoms with van der Waals surface area (Å²) in [7, 11) is 0. The summed E-state index contributed by atoms with van der Waals surface area (Å²) in [4.78, 5) is 14.5. The molecule has 1 heterocycles. The van der Waals surface area contributed by atoms with E-state index in [9.17, 15) is 4.79 Å². The average Bonchev–Trinajstić information content (AvgIpc) is 3.03. The molecule has 24 heavy (non-hydrogen) atoms. The van der Waals surface area contributed by atoms with Crippen LogP contribution in [0.25, 0.3) is 0 Å². The number of amides is 1. The lowest BCUT2D eigenvalue weighted by Gasteiger charge is -2.19. The van der Waals surface area contributed by atoms with Gasteiger partial charge in [-0.2, -0.15) is 5.10 Å². The van der Waals surface area contributed by atoms with Crippen molar-refractivity contribution in [2.45, 2.75) is 39.5 Å². The van der Waals surface area contributed by atoms with Crippen molar-refractivity contribution in [2.75, 3.05) is 5.73 Å². The van der Waals surface area contributed by atoms with Crippen LogP contribution in [0.1, 0.15) is 52.4 Å². The summed E-state index contributed by atoms with van der Waals surface area (Å²) < 4.78 is 0. The standard InChI is InChI=1S/C19H23N3OS/c1-3-13-4-9-17-15(10-13)11-18(24-17)19(23)22-21-12(2)14-5-7-16(20)8-6-14/h5-8,11,13H,3-4,9-10,20H2,1-2H3,(H,22,23)/b21-12-/t13-/m0/s1. The summed E-state index contributed by atoms with van der Waals surface area (Å²) in [5.41, 5.74) is 12.1. The van der Waals surface area contributed by atoms with Gasteiger partial charge in [-0.15, -0.1) is 11.3 Å². The monoisotopic (exact) mass is 341 g/mol. The number of nitrogens with zero attached hydrogens (tertiary/aromatic N) is 1. The summed E-state index contributed by atoms with van der Waals surface area (Å²) in [5.74, 6) is 0.631. The van der Waals surface area contributed by atoms with Crippen molar-refractivity contribution < 1.29 is 4.79 Å². The summed E-state index contributed by atoms with van der Waals surface area (Å²) in [6, 6.07) is 9.50. The molecule has 3 N–H and O–H groups in total. The maximum Gasteiger partial charge on any atom is 0.281 e. The zero-order valence-corrected chi connectivity index (χ0v) is 15.0. The molecule has 1 aliphatic rings. The van der Waals surface area contributed by atoms with Crippen LogP contribution in [0.4, 0.5) is 5.69 Å². The molecule has 126 valence electrons. The van der Waals surface area contributed by atoms with Gasteiger partial charge in [0.05, 0.1) is 10.6 Å². The Balaban J connectivity index is 1.68. The van der Waals surface area contributed by atoms with Crippen molar-refractivity contribution in [3.63, 3.8) is 0 Å². The molecule has 1 aromatic heterocycles. The molecule has 5 heteroatoms. The number of carbonyl (C=O) groups excluding carboxylic acids is 1. The molecular formula is C19H23N3OS. The van der Waals surface area contributed by atoms with Crippen molar-refractivity contribution in [3.05, 3.63) is 51.2 Å². The fourth-order valence-corrected chi connectivity index (χ4v) is 4.14. The van der Waals surface area contributed by atoms with Crippen LogP contribution in [0.5, 0.6) is 0 Å². The van der Waals surface area contributed by atoms with Crippen molar-refractivity contribution in [1.29, 1.82) is 0 Å². The molecular weight excluding hydrogens is 318 g/mol. The third kappa shape index (κ3) is 3.67. The number of nitrogens with two attached hydrogens (primary N) is 1. The fourth-order valence-electron chi connectivity index (χ4n) is 3.04. The predicted molar refractivity (Wildman–Crippen MR) is 101 cm³/mol. The Labute approximate surface area is 146 Å². The average molecular weight is 341 g/mol. The smallest absolute Gasteiger partial charge is 0.281 e. The first-order valence-electron chi connectivity index (χ1n) is 8.39. The van der Waals surface area contributed by atoms with Gasteiger partial charge in [-0.25, -0.2) is 5.43 Å². The van der Waals surface area contributed by atoms with Gasteiger partial charge in [0.1, 0.15) is 0 Å². The lowest BCUT2D eigenvalue weighted by Crippen LogP contribution is -2.18. The number of anilines is 1. The number of nitrogen functional groups attached to an aromatic ring is 1. The van der Waals surface area contributed by atoms with Crippen LogP contribution in [-0.4, -0.2) is 11.6 Å². The van der Waals surface area contributed by atoms with E-state index >= 15 is 0 Å². The molecule has 4 nitrogen and oxygen atoms in total. The Morgan fingerprint density at radius 3 is 2.83 bits per heavy atom. The first kappa shape index (κ1) is 16.7. The van der Waals surface area contributed by atoms with E-state index in [0.717, 1.165) is 34.9 Å². The molecule has 0 radical (unpaired) electrons. The van der Waals surface area contributed by atoms with E-state index in [1.165, 1.54) is 23.3 Å². The molecule has 0 unspecified atom stereocenters. The highest BCUT2D eigenvalue weighted by Gasteiger charge is 2.21. The number of hydrogen-bond donors (Lipinski definition) is 2. The van der Waals surface area contributed by atoms with Crippen molar-refractivity contribution in [2.24, 2.45) is 11.0 Å². The van der Waals surface area contributed by atoms with Crippen molar-refractivity contribution >= 4 is 28.6 Å². The van der Waals surface area contributed by atoms with Crippen LogP contribution in [-0.2, 0) is 12.8 Å². The van der Waals surface area contributed by atoms with Gasteiger partial charge >= 0.3 is 0 Å². The molecule has 3 rings (SSSR count). The van der Waals surface area contributed by atoms with Crippen molar-refractivity contribution in [1.82, 2.24) is 5.43 Å². The zero-order valence-electron chi connectivity index (χ0n) is 14.1. The van der Waals surface area contributed by atoms with Crippen LogP contribution in [0, 0.1) is 5.92 Å². The predicted octanol–water partition coefficient (Wildman–Crippen LogP) is 4.00. The summed E-state index contributed by atoms with van der Waals surface area (Å²) in [6.07, 6.45) is 4.64. The van der Waals surface area contributed by atoms with E-state index in [-0.39, 0.29) is 5.91 Å². The molecule has 0 aliphatic heterocycles. The lowest BCUT2D eigenvalue weighted by molar-refractivity contribution is 0.0959. The van der Waals surface area contributed by atoms with Gasteiger partial charge in [0.2, 0.25) is 0 Å². The maximum absolute atomic E-state index is 12.4. The number of rotatable bonds is 4. The van der Waals surface area contributed by atoms with Crippen molar-refractivity contribution in [3.8, 4) is 0 Å². The second-order valence-electron chi connectivity index (χ2n) is 6.34. The van der Waals surface area contributed by atoms with Gasteiger partial charge < -0.3 is 5.73 Å². The molecule has 0 saturated heterocycles. The Hall–Kier alpha value is -2.14. The molecule has 1 aromatic carbocycles. The number of hydrogen-bond acceptors (Lipinski definition) is 4. The van der Waals surface area contributed by atoms with Crippen LogP contribution >= 0.6 is 11.3 Å². The van der Waals surface area contributed by atoms with Gasteiger partial charge in [-0.05, 0) is 61.4 Å². The van der Waals surface area contributed by atoms with Gasteiger partial charge in [0.15, 0.2) is 0 Å². The summed E-state index contributed by atoms with van der Waals surface area (Å²) >= 11 is 1.61. The molecule has 0 saturated carbocycles. The number of fused-ring (bicyclic) bond motifs is 1. The molecule has 0 bridgehead atoms. The number of nitrogens with one attached hydrogen (secondary N) is 1. The minimum absolute atomic E-state index is 0.128. The van der Waals surface area contributed by atoms with Crippen LogP contribution in [0.15, 0.2) is 35.4 Å². The van der Waals surface area contributed by atoms with Gasteiger partial charge in [-0.1, -0.05) is 25.5 Å². The highest BCUT2D eigenvalue weighted by molar-refractivity contribution is 7.14. The van der Waals surface area contributed by atoms with E-state index in [1.54, 1.807) is 11.3 Å². The van der Waals surface area contributed by atoms with Crippen LogP contribution < -0.4 is 11.2 Å². The molecule has 1 aliphatic carbocycles. The van der Waals surface area contributed by atoms with E-state index in [0.29, 0.717) is 5.69 Å². The second kappa shape index (κ2) is 7.18. The Kier molecular flexibility index (Phi) is 5.00. The maximum atomic E-state index is 12.4. The number of aryl methyl sites for hydroxylation is 1. The normalized spacial score (nSPS) is 17.4. The molecule has 1 amide bonds. The second-order valence-corrected chi connectivity index (χ2v) is 7.47. The minimum atomic E-state index is -0.128.